The molecule has 0 saturated carbocycles. The third-order valence-corrected chi connectivity index (χ3v) is 7.73. The Morgan fingerprint density at radius 3 is 2.66 bits per heavy atom. The molecule has 1 aliphatic rings. The summed E-state index contributed by atoms with van der Waals surface area (Å²) < 4.78 is 34.1. The summed E-state index contributed by atoms with van der Waals surface area (Å²) in [5, 5.41) is 13.6. The summed E-state index contributed by atoms with van der Waals surface area (Å²) in [4.78, 5) is 12.2. The van der Waals surface area contributed by atoms with Gasteiger partial charge in [0.1, 0.15) is 11.9 Å². The van der Waals surface area contributed by atoms with Crippen LogP contribution in [0.2, 0.25) is 0 Å². The number of pyridine rings is 1. The van der Waals surface area contributed by atoms with Crippen molar-refractivity contribution in [2.75, 3.05) is 17.8 Å². The number of aryl methyl sites for hydroxylation is 2. The lowest BCUT2D eigenvalue weighted by Gasteiger charge is -2.27. The molecular weight excluding hydrogens is 502 g/mol. The van der Waals surface area contributed by atoms with Gasteiger partial charge in [-0.1, -0.05) is 24.3 Å². The molecule has 0 unspecified atom stereocenters. The number of hydrogen-bond donors (Lipinski definition) is 3. The molecule has 0 amide bonds. The maximum atomic E-state index is 12.7. The fourth-order valence-electron chi connectivity index (χ4n) is 4.34. The van der Waals surface area contributed by atoms with E-state index in [1.54, 1.807) is 49.6 Å². The van der Waals surface area contributed by atoms with Crippen LogP contribution in [0, 0.1) is 6.92 Å². The Kier molecular flexibility index (Phi) is 7.64. The molecule has 0 spiro atoms. The van der Waals surface area contributed by atoms with Crippen LogP contribution in [-0.2, 0) is 16.4 Å². The highest BCUT2D eigenvalue weighted by Gasteiger charge is 2.21. The first-order valence-electron chi connectivity index (χ1n) is 12.4. The van der Waals surface area contributed by atoms with Gasteiger partial charge in [0.25, 0.3) is 10.0 Å². The Morgan fingerprint density at radius 1 is 1.08 bits per heavy atom. The molecule has 10 heteroatoms. The van der Waals surface area contributed by atoms with E-state index < -0.39 is 16.1 Å². The first kappa shape index (κ1) is 25.8. The molecule has 2 aromatic carbocycles. The molecule has 0 radical (unpaired) electrons. The van der Waals surface area contributed by atoms with Crippen molar-refractivity contribution < 1.29 is 18.3 Å². The van der Waals surface area contributed by atoms with E-state index in [1.165, 1.54) is 6.20 Å². The van der Waals surface area contributed by atoms with Crippen molar-refractivity contribution in [1.82, 2.24) is 20.3 Å². The number of aliphatic hydroxyl groups excluding tert-OH is 1. The van der Waals surface area contributed by atoms with Crippen LogP contribution in [0.25, 0.3) is 11.1 Å². The molecule has 2 atom stereocenters. The minimum atomic E-state index is -3.80. The van der Waals surface area contributed by atoms with Gasteiger partial charge in [0, 0.05) is 42.9 Å². The van der Waals surface area contributed by atoms with Crippen molar-refractivity contribution in [1.29, 1.82) is 0 Å². The maximum absolute atomic E-state index is 12.7. The number of fused-ring (bicyclic) bond motifs is 1. The van der Waals surface area contributed by atoms with Crippen molar-refractivity contribution >= 4 is 16.0 Å². The second-order valence-electron chi connectivity index (χ2n) is 9.21. The Labute approximate surface area is 222 Å². The first-order valence-corrected chi connectivity index (χ1v) is 13.9. The molecule has 3 N–H and O–H groups in total. The van der Waals surface area contributed by atoms with Gasteiger partial charge in [-0.25, -0.2) is 23.1 Å². The normalized spacial score (nSPS) is 15.8. The molecule has 196 valence electrons. The largest absolute Gasteiger partial charge is 0.489 e. The van der Waals surface area contributed by atoms with Gasteiger partial charge in [-0.3, -0.25) is 4.98 Å². The molecule has 0 fully saturated rings. The fourth-order valence-corrected chi connectivity index (χ4v) is 5.29. The van der Waals surface area contributed by atoms with E-state index in [0.717, 1.165) is 40.8 Å². The molecule has 0 saturated heterocycles. The number of nitrogens with zero attached hydrogens (tertiary/aromatic N) is 3. The van der Waals surface area contributed by atoms with Crippen molar-refractivity contribution in [3.63, 3.8) is 0 Å². The van der Waals surface area contributed by atoms with Crippen molar-refractivity contribution in [2.45, 2.75) is 36.9 Å². The van der Waals surface area contributed by atoms with Crippen LogP contribution in [0.15, 0.2) is 84.1 Å². The molecule has 5 rings (SSSR count). The van der Waals surface area contributed by atoms with Crippen LogP contribution in [0.1, 0.15) is 29.3 Å². The lowest BCUT2D eigenvalue weighted by atomic mass is 9.97. The number of hydrogen-bond acceptors (Lipinski definition) is 8. The van der Waals surface area contributed by atoms with Gasteiger partial charge < -0.3 is 15.2 Å². The number of aliphatic hydroxyl groups is 1. The fraction of sp³-hybridized carbons (Fsp3) is 0.250. The SMILES string of the molecule is Cc1ccnc(NS(=O)(=O)c2ccc(-c3ccc4c(c3)CC[C@H](CNC[C@H](O)c3cccnc3)O4)cc2)n1. The minimum Gasteiger partial charge on any atom is -0.489 e. The minimum absolute atomic E-state index is 0.0174. The van der Waals surface area contributed by atoms with Crippen molar-refractivity contribution in [3.05, 3.63) is 96.1 Å². The first-order chi connectivity index (χ1) is 18.4. The van der Waals surface area contributed by atoms with Crippen LogP contribution < -0.4 is 14.8 Å². The van der Waals surface area contributed by atoms with Gasteiger partial charge in [-0.05, 0) is 72.9 Å². The summed E-state index contributed by atoms with van der Waals surface area (Å²) in [6.07, 6.45) is 5.99. The topological polar surface area (TPSA) is 126 Å². The second-order valence-corrected chi connectivity index (χ2v) is 10.9. The smallest absolute Gasteiger partial charge is 0.264 e. The summed E-state index contributed by atoms with van der Waals surface area (Å²) in [5.74, 6) is 0.892. The zero-order valence-electron chi connectivity index (χ0n) is 20.9. The molecule has 3 heterocycles. The molecule has 1 aliphatic heterocycles. The number of anilines is 1. The Morgan fingerprint density at radius 2 is 1.89 bits per heavy atom. The second kappa shape index (κ2) is 11.3. The number of ether oxygens (including phenoxy) is 1. The molecule has 9 nitrogen and oxygen atoms in total. The zero-order chi connectivity index (χ0) is 26.5. The predicted molar refractivity (Wildman–Crippen MR) is 144 cm³/mol. The van der Waals surface area contributed by atoms with Gasteiger partial charge in [-0.15, -0.1) is 0 Å². The van der Waals surface area contributed by atoms with E-state index in [4.69, 9.17) is 4.74 Å². The Balaban J connectivity index is 1.19. The zero-order valence-corrected chi connectivity index (χ0v) is 21.7. The molecular formula is C28H29N5O4S. The average Bonchev–Trinajstić information content (AvgIpc) is 2.93. The van der Waals surface area contributed by atoms with Gasteiger partial charge >= 0.3 is 0 Å². The molecule has 0 bridgehead atoms. The summed E-state index contributed by atoms with van der Waals surface area (Å²) in [6.45, 7) is 2.83. The van der Waals surface area contributed by atoms with Crippen LogP contribution >= 0.6 is 0 Å². The van der Waals surface area contributed by atoms with E-state index in [2.05, 4.69) is 31.1 Å². The number of rotatable bonds is 9. The summed E-state index contributed by atoms with van der Waals surface area (Å²) in [6, 6.07) is 18.1. The summed E-state index contributed by atoms with van der Waals surface area (Å²) in [7, 11) is -3.80. The van der Waals surface area contributed by atoms with E-state index in [9.17, 15) is 13.5 Å². The van der Waals surface area contributed by atoms with E-state index in [-0.39, 0.29) is 16.9 Å². The van der Waals surface area contributed by atoms with Gasteiger partial charge in [0.05, 0.1) is 11.0 Å². The quantitative estimate of drug-likeness (QED) is 0.299. The average molecular weight is 532 g/mol. The highest BCUT2D eigenvalue weighted by molar-refractivity contribution is 7.92. The van der Waals surface area contributed by atoms with Crippen LogP contribution in [0.5, 0.6) is 5.75 Å². The van der Waals surface area contributed by atoms with Crippen molar-refractivity contribution in [2.24, 2.45) is 0 Å². The molecule has 2 aromatic heterocycles. The highest BCUT2D eigenvalue weighted by atomic mass is 32.2. The number of sulfonamides is 1. The standard InChI is InChI=1S/C28H29N5O4S/c1-19-12-14-31-28(32-19)33-38(35,36)25-9-5-20(6-10-25)21-7-11-27-22(15-21)4-8-24(37-27)17-30-18-26(34)23-3-2-13-29-16-23/h2-3,5-7,9-16,24,26,30,34H,4,8,17-18H2,1H3,(H,31,32,33)/t24-,26+/m1/s1. The number of nitrogens with one attached hydrogen (secondary N) is 2. The predicted octanol–water partition coefficient (Wildman–Crippen LogP) is 3.66. The lowest BCUT2D eigenvalue weighted by molar-refractivity contribution is 0.146. The summed E-state index contributed by atoms with van der Waals surface area (Å²) >= 11 is 0. The van der Waals surface area contributed by atoms with E-state index in [1.807, 2.05) is 24.3 Å². The van der Waals surface area contributed by atoms with Crippen LogP contribution in [0.4, 0.5) is 5.95 Å². The molecule has 4 aromatic rings. The Bertz CT molecular complexity index is 1500. The third kappa shape index (κ3) is 6.16. The van der Waals surface area contributed by atoms with Crippen molar-refractivity contribution in [3.8, 4) is 16.9 Å². The van der Waals surface area contributed by atoms with E-state index >= 15 is 0 Å². The van der Waals surface area contributed by atoms with Gasteiger partial charge in [-0.2, -0.15) is 0 Å². The van der Waals surface area contributed by atoms with Gasteiger partial charge in [0.2, 0.25) is 5.95 Å². The number of aromatic nitrogens is 3. The summed E-state index contributed by atoms with van der Waals surface area (Å²) in [5.41, 5.74) is 4.47. The maximum Gasteiger partial charge on any atom is 0.264 e. The van der Waals surface area contributed by atoms with Crippen LogP contribution in [0.3, 0.4) is 0 Å². The third-order valence-electron chi connectivity index (χ3n) is 6.39. The monoisotopic (exact) mass is 531 g/mol. The lowest BCUT2D eigenvalue weighted by Crippen LogP contribution is -2.36. The Hall–Kier alpha value is -3.86. The van der Waals surface area contributed by atoms with Gasteiger partial charge in [0.15, 0.2) is 0 Å². The molecule has 38 heavy (non-hydrogen) atoms. The van der Waals surface area contributed by atoms with E-state index in [0.29, 0.717) is 18.8 Å². The number of benzene rings is 2. The van der Waals surface area contributed by atoms with Crippen LogP contribution in [-0.4, -0.2) is 47.7 Å². The molecule has 0 aliphatic carbocycles. The highest BCUT2D eigenvalue weighted by Crippen LogP contribution is 2.32.